The maximum atomic E-state index is 2.40. The van der Waals surface area contributed by atoms with E-state index in [0.29, 0.717) is 0 Å². The molecular formula is C36H42. The van der Waals surface area contributed by atoms with Crippen LogP contribution in [0.5, 0.6) is 0 Å². The third-order valence-electron chi connectivity index (χ3n) is 7.44. The van der Waals surface area contributed by atoms with Crippen LogP contribution in [-0.2, 0) is 5.41 Å². The Hall–Kier alpha value is -3.12. The molecule has 4 aromatic rings. The van der Waals surface area contributed by atoms with Crippen LogP contribution in [0, 0.1) is 33.1 Å². The van der Waals surface area contributed by atoms with E-state index in [-0.39, 0.29) is 10.8 Å². The Kier molecular flexibility index (Phi) is 7.02. The molecule has 0 aliphatic heterocycles. The van der Waals surface area contributed by atoms with Crippen LogP contribution in [-0.4, -0.2) is 0 Å². The van der Waals surface area contributed by atoms with Crippen LogP contribution >= 0.6 is 0 Å². The number of hydrogen-bond donors (Lipinski definition) is 0. The number of rotatable bonds is 5. The highest BCUT2D eigenvalue weighted by molar-refractivity contribution is 5.92. The van der Waals surface area contributed by atoms with E-state index in [1.807, 2.05) is 0 Å². The van der Waals surface area contributed by atoms with Crippen molar-refractivity contribution in [2.75, 3.05) is 0 Å². The summed E-state index contributed by atoms with van der Waals surface area (Å²) in [6, 6.07) is 29.5. The lowest BCUT2D eigenvalue weighted by atomic mass is 9.72. The van der Waals surface area contributed by atoms with Gasteiger partial charge in [-0.05, 0) is 101 Å². The van der Waals surface area contributed by atoms with Gasteiger partial charge in [0.1, 0.15) is 0 Å². The molecule has 0 nitrogen and oxygen atoms in total. The first kappa shape index (κ1) is 26.0. The summed E-state index contributed by atoms with van der Waals surface area (Å²) in [5.74, 6) is 0. The van der Waals surface area contributed by atoms with E-state index < -0.39 is 0 Å². The van der Waals surface area contributed by atoms with Crippen LogP contribution in [0.15, 0.2) is 78.9 Å². The van der Waals surface area contributed by atoms with Gasteiger partial charge in [0.2, 0.25) is 0 Å². The Morgan fingerprint density at radius 2 is 1.17 bits per heavy atom. The zero-order valence-electron chi connectivity index (χ0n) is 23.7. The molecule has 0 aromatic heterocycles. The van der Waals surface area contributed by atoms with E-state index in [1.54, 1.807) is 0 Å². The summed E-state index contributed by atoms with van der Waals surface area (Å²) in [4.78, 5) is 0. The molecule has 0 heteroatoms. The average Bonchev–Trinajstić information content (AvgIpc) is 2.78. The first-order valence-electron chi connectivity index (χ1n) is 13.3. The molecule has 0 amide bonds. The highest BCUT2D eigenvalue weighted by atomic mass is 14.3. The van der Waals surface area contributed by atoms with Gasteiger partial charge < -0.3 is 0 Å². The van der Waals surface area contributed by atoms with Gasteiger partial charge in [0.15, 0.2) is 0 Å². The quantitative estimate of drug-likeness (QED) is 0.270. The van der Waals surface area contributed by atoms with E-state index in [0.717, 1.165) is 6.42 Å². The van der Waals surface area contributed by atoms with E-state index in [1.165, 1.54) is 61.2 Å². The minimum Gasteiger partial charge on any atom is -0.0622 e. The number of hydrogen-bond acceptors (Lipinski definition) is 0. The molecule has 0 bridgehead atoms. The third-order valence-corrected chi connectivity index (χ3v) is 7.44. The van der Waals surface area contributed by atoms with Crippen molar-refractivity contribution in [1.82, 2.24) is 0 Å². The van der Waals surface area contributed by atoms with Crippen molar-refractivity contribution in [2.45, 2.75) is 74.1 Å². The first-order chi connectivity index (χ1) is 16.9. The highest BCUT2D eigenvalue weighted by Crippen LogP contribution is 2.43. The molecule has 4 rings (SSSR count). The van der Waals surface area contributed by atoms with Crippen LogP contribution < -0.4 is 0 Å². The Morgan fingerprint density at radius 3 is 1.75 bits per heavy atom. The topological polar surface area (TPSA) is 0 Å². The van der Waals surface area contributed by atoms with Gasteiger partial charge in [-0.15, -0.1) is 0 Å². The molecule has 0 spiro atoms. The Bertz CT molecular complexity index is 1360. The Morgan fingerprint density at radius 1 is 0.556 bits per heavy atom. The van der Waals surface area contributed by atoms with Crippen molar-refractivity contribution in [3.8, 4) is 33.4 Å². The number of benzene rings is 4. The molecule has 0 fully saturated rings. The molecule has 0 radical (unpaired) electrons. The van der Waals surface area contributed by atoms with E-state index >= 15 is 0 Å². The molecule has 4 aromatic carbocycles. The third kappa shape index (κ3) is 5.34. The molecule has 0 atom stereocenters. The number of aryl methyl sites for hydroxylation is 3. The fourth-order valence-corrected chi connectivity index (χ4v) is 6.25. The van der Waals surface area contributed by atoms with Crippen LogP contribution in [0.3, 0.4) is 0 Å². The maximum Gasteiger partial charge on any atom is -0.00696 e. The summed E-state index contributed by atoms with van der Waals surface area (Å²) in [6.45, 7) is 20.7. The summed E-state index contributed by atoms with van der Waals surface area (Å²) in [5.41, 5.74) is 15.0. The second-order valence-corrected chi connectivity index (χ2v) is 12.5. The van der Waals surface area contributed by atoms with Crippen molar-refractivity contribution in [2.24, 2.45) is 5.41 Å². The van der Waals surface area contributed by atoms with E-state index in [9.17, 15) is 0 Å². The molecule has 0 saturated carbocycles. The SMILES string of the molecule is Cc1ccc(-c2cc(C)c(-c3ccccc3)c(C)c2-c2ccc(C(C)(C)CC(C)(C)C)cc2)c(C)c1. The van der Waals surface area contributed by atoms with Crippen molar-refractivity contribution in [3.05, 3.63) is 107 Å². The van der Waals surface area contributed by atoms with Crippen molar-refractivity contribution in [1.29, 1.82) is 0 Å². The predicted molar refractivity (Wildman–Crippen MR) is 159 cm³/mol. The Balaban J connectivity index is 1.94. The van der Waals surface area contributed by atoms with Gasteiger partial charge in [0, 0.05) is 0 Å². The summed E-state index contributed by atoms with van der Waals surface area (Å²) in [7, 11) is 0. The molecule has 0 saturated heterocycles. The maximum absolute atomic E-state index is 2.40. The van der Waals surface area contributed by atoms with Gasteiger partial charge in [-0.1, -0.05) is 119 Å². The zero-order valence-corrected chi connectivity index (χ0v) is 23.7. The van der Waals surface area contributed by atoms with Gasteiger partial charge in [0.05, 0.1) is 0 Å². The molecule has 0 heterocycles. The average molecular weight is 475 g/mol. The fraction of sp³-hybridized carbons (Fsp3) is 0.333. The molecular weight excluding hydrogens is 432 g/mol. The first-order valence-corrected chi connectivity index (χ1v) is 13.3. The van der Waals surface area contributed by atoms with E-state index in [2.05, 4.69) is 141 Å². The van der Waals surface area contributed by atoms with Gasteiger partial charge in [-0.25, -0.2) is 0 Å². The smallest absolute Gasteiger partial charge is 0.00696 e. The minimum atomic E-state index is 0.130. The second-order valence-electron chi connectivity index (χ2n) is 12.5. The monoisotopic (exact) mass is 474 g/mol. The Labute approximate surface area is 219 Å². The summed E-state index contributed by atoms with van der Waals surface area (Å²) >= 11 is 0. The summed E-state index contributed by atoms with van der Waals surface area (Å²) < 4.78 is 0. The molecule has 0 aliphatic carbocycles. The minimum absolute atomic E-state index is 0.130. The van der Waals surface area contributed by atoms with E-state index in [4.69, 9.17) is 0 Å². The molecule has 0 aliphatic rings. The van der Waals surface area contributed by atoms with Gasteiger partial charge in [0.25, 0.3) is 0 Å². The standard InChI is InChI=1S/C36H42/c1-24-15-20-31(25(2)21-24)32-22-26(3)33(28-13-11-10-12-14-28)27(4)34(32)29-16-18-30(19-17-29)36(8,9)23-35(5,6)7/h10-22H,23H2,1-9H3. The lowest BCUT2D eigenvalue weighted by Crippen LogP contribution is -2.24. The van der Waals surface area contributed by atoms with Crippen molar-refractivity contribution >= 4 is 0 Å². The molecule has 186 valence electrons. The lowest BCUT2D eigenvalue weighted by molar-refractivity contribution is 0.284. The van der Waals surface area contributed by atoms with Gasteiger partial charge >= 0.3 is 0 Å². The zero-order chi connectivity index (χ0) is 26.3. The van der Waals surface area contributed by atoms with Crippen LogP contribution in [0.25, 0.3) is 33.4 Å². The van der Waals surface area contributed by atoms with Crippen LogP contribution in [0.1, 0.15) is 68.9 Å². The molecule has 0 unspecified atom stereocenters. The van der Waals surface area contributed by atoms with Crippen LogP contribution in [0.4, 0.5) is 0 Å². The summed E-state index contributed by atoms with van der Waals surface area (Å²) in [5, 5.41) is 0. The lowest BCUT2D eigenvalue weighted by Gasteiger charge is -2.33. The highest BCUT2D eigenvalue weighted by Gasteiger charge is 2.27. The summed E-state index contributed by atoms with van der Waals surface area (Å²) in [6.07, 6.45) is 1.15. The predicted octanol–water partition coefficient (Wildman–Crippen LogP) is 10.6. The van der Waals surface area contributed by atoms with Crippen molar-refractivity contribution in [3.63, 3.8) is 0 Å². The van der Waals surface area contributed by atoms with Gasteiger partial charge in [-0.2, -0.15) is 0 Å². The fourth-order valence-electron chi connectivity index (χ4n) is 6.25. The largest absolute Gasteiger partial charge is 0.0622 e. The molecule has 0 N–H and O–H groups in total. The molecule has 36 heavy (non-hydrogen) atoms. The normalized spacial score (nSPS) is 12.1. The second kappa shape index (κ2) is 9.74. The van der Waals surface area contributed by atoms with Crippen molar-refractivity contribution < 1.29 is 0 Å². The van der Waals surface area contributed by atoms with Gasteiger partial charge in [-0.3, -0.25) is 0 Å². The van der Waals surface area contributed by atoms with Crippen LogP contribution in [0.2, 0.25) is 0 Å².